The van der Waals surface area contributed by atoms with Crippen molar-refractivity contribution < 1.29 is 22.7 Å². The molecule has 1 unspecified atom stereocenters. The molecular formula is C14H20FNO4S. The first-order valence-corrected chi connectivity index (χ1v) is 8.28. The number of hydrogen-bond donors (Lipinski definition) is 2. The lowest BCUT2D eigenvalue weighted by Crippen LogP contribution is -2.44. The van der Waals surface area contributed by atoms with Crippen molar-refractivity contribution in [2.24, 2.45) is 5.73 Å². The van der Waals surface area contributed by atoms with Crippen LogP contribution in [0.25, 0.3) is 0 Å². The fourth-order valence-corrected chi connectivity index (χ4v) is 3.11. The van der Waals surface area contributed by atoms with Gasteiger partial charge in [0.2, 0.25) is 0 Å². The molecule has 0 fully saturated rings. The molecule has 0 saturated carbocycles. The number of carboxylic acid groups (broad SMARTS) is 1. The van der Waals surface area contributed by atoms with E-state index in [4.69, 9.17) is 5.73 Å². The quantitative estimate of drug-likeness (QED) is 0.790. The molecule has 0 aliphatic rings. The van der Waals surface area contributed by atoms with Crippen LogP contribution >= 0.6 is 0 Å². The van der Waals surface area contributed by atoms with Gasteiger partial charge in [0.25, 0.3) is 0 Å². The second kappa shape index (κ2) is 6.53. The average Bonchev–Trinajstić information content (AvgIpc) is 2.41. The largest absolute Gasteiger partial charge is 0.481 e. The van der Waals surface area contributed by atoms with E-state index >= 15 is 0 Å². The summed E-state index contributed by atoms with van der Waals surface area (Å²) in [5.41, 5.74) is 4.39. The fourth-order valence-electron chi connectivity index (χ4n) is 2.00. The normalized spacial score (nSPS) is 14.9. The SMILES string of the molecule is CC(C)S(=O)(=O)CCC(CN)(C(=O)O)c1ccc(F)cc1. The molecule has 0 aliphatic carbocycles. The maximum absolute atomic E-state index is 13.0. The molecule has 5 nitrogen and oxygen atoms in total. The molecule has 0 saturated heterocycles. The van der Waals surface area contributed by atoms with Crippen LogP contribution in [0.1, 0.15) is 25.8 Å². The van der Waals surface area contributed by atoms with E-state index < -0.39 is 32.3 Å². The van der Waals surface area contributed by atoms with E-state index in [1.807, 2.05) is 0 Å². The van der Waals surface area contributed by atoms with Crippen molar-refractivity contribution in [2.45, 2.75) is 30.9 Å². The van der Waals surface area contributed by atoms with Gasteiger partial charge in [-0.1, -0.05) is 12.1 Å². The molecule has 1 aromatic rings. The minimum absolute atomic E-state index is 0.148. The van der Waals surface area contributed by atoms with Crippen LogP contribution in [0.5, 0.6) is 0 Å². The molecule has 3 N–H and O–H groups in total. The number of nitrogens with two attached hydrogens (primary N) is 1. The third-order valence-corrected chi connectivity index (χ3v) is 5.90. The Hall–Kier alpha value is -1.47. The molecule has 1 rings (SSSR count). The van der Waals surface area contributed by atoms with E-state index in [0.29, 0.717) is 5.56 Å². The first-order valence-electron chi connectivity index (χ1n) is 6.57. The van der Waals surface area contributed by atoms with Gasteiger partial charge in [-0.2, -0.15) is 0 Å². The lowest BCUT2D eigenvalue weighted by Gasteiger charge is -2.28. The predicted octanol–water partition coefficient (Wildman–Crippen LogP) is 1.32. The lowest BCUT2D eigenvalue weighted by molar-refractivity contribution is -0.143. The third-order valence-electron chi connectivity index (χ3n) is 3.69. The Balaban J connectivity index is 3.17. The van der Waals surface area contributed by atoms with Crippen molar-refractivity contribution in [1.82, 2.24) is 0 Å². The summed E-state index contributed by atoms with van der Waals surface area (Å²) in [4.78, 5) is 11.7. The highest BCUT2D eigenvalue weighted by molar-refractivity contribution is 7.91. The Morgan fingerprint density at radius 3 is 2.24 bits per heavy atom. The van der Waals surface area contributed by atoms with E-state index in [2.05, 4.69) is 0 Å². The Bertz CT molecular complexity index is 598. The van der Waals surface area contributed by atoms with Gasteiger partial charge in [0, 0.05) is 6.54 Å². The van der Waals surface area contributed by atoms with Crippen molar-refractivity contribution in [3.05, 3.63) is 35.6 Å². The number of halogens is 1. The van der Waals surface area contributed by atoms with E-state index in [1.165, 1.54) is 26.0 Å². The molecule has 1 atom stereocenters. The van der Waals surface area contributed by atoms with Crippen LogP contribution in [-0.4, -0.2) is 37.0 Å². The lowest BCUT2D eigenvalue weighted by atomic mass is 9.78. The molecule has 0 radical (unpaired) electrons. The fraction of sp³-hybridized carbons (Fsp3) is 0.500. The van der Waals surface area contributed by atoms with Gasteiger partial charge < -0.3 is 10.8 Å². The molecule has 0 heterocycles. The van der Waals surface area contributed by atoms with Crippen LogP contribution in [0, 0.1) is 5.82 Å². The second-order valence-corrected chi connectivity index (χ2v) is 7.94. The van der Waals surface area contributed by atoms with Crippen LogP contribution in [-0.2, 0) is 20.0 Å². The van der Waals surface area contributed by atoms with Gasteiger partial charge in [0.15, 0.2) is 9.84 Å². The summed E-state index contributed by atoms with van der Waals surface area (Å²) in [7, 11) is -3.38. The van der Waals surface area contributed by atoms with Crippen molar-refractivity contribution in [1.29, 1.82) is 0 Å². The minimum atomic E-state index is -3.38. The summed E-state index contributed by atoms with van der Waals surface area (Å²) in [6, 6.07) is 4.94. The Kier molecular flexibility index (Phi) is 5.47. The first kappa shape index (κ1) is 17.6. The van der Waals surface area contributed by atoms with Gasteiger partial charge in [0.05, 0.1) is 11.0 Å². The van der Waals surface area contributed by atoms with Gasteiger partial charge in [-0.25, -0.2) is 12.8 Å². The van der Waals surface area contributed by atoms with Gasteiger partial charge in [0.1, 0.15) is 11.2 Å². The van der Waals surface area contributed by atoms with Crippen LogP contribution in [0.15, 0.2) is 24.3 Å². The zero-order valence-corrected chi connectivity index (χ0v) is 12.9. The summed E-state index contributed by atoms with van der Waals surface area (Å²) in [5.74, 6) is -1.99. The van der Waals surface area contributed by atoms with E-state index in [-0.39, 0.29) is 18.7 Å². The van der Waals surface area contributed by atoms with Crippen LogP contribution < -0.4 is 5.73 Å². The molecule has 1 aromatic carbocycles. The zero-order chi connectivity index (χ0) is 16.3. The summed E-state index contributed by atoms with van der Waals surface area (Å²) in [6.07, 6.45) is -0.148. The van der Waals surface area contributed by atoms with Gasteiger partial charge in [-0.15, -0.1) is 0 Å². The van der Waals surface area contributed by atoms with Crippen molar-refractivity contribution in [3.8, 4) is 0 Å². The predicted molar refractivity (Wildman–Crippen MR) is 78.3 cm³/mol. The highest BCUT2D eigenvalue weighted by Gasteiger charge is 2.40. The van der Waals surface area contributed by atoms with Gasteiger partial charge >= 0.3 is 5.97 Å². The zero-order valence-electron chi connectivity index (χ0n) is 12.0. The monoisotopic (exact) mass is 317 g/mol. The Morgan fingerprint density at radius 2 is 1.86 bits per heavy atom. The van der Waals surface area contributed by atoms with E-state index in [9.17, 15) is 22.7 Å². The third kappa shape index (κ3) is 3.79. The summed E-state index contributed by atoms with van der Waals surface area (Å²) >= 11 is 0. The Morgan fingerprint density at radius 1 is 1.33 bits per heavy atom. The molecular weight excluding hydrogens is 297 g/mol. The second-order valence-electron chi connectivity index (χ2n) is 5.26. The highest BCUT2D eigenvalue weighted by Crippen LogP contribution is 2.29. The van der Waals surface area contributed by atoms with Crippen LogP contribution in [0.4, 0.5) is 4.39 Å². The molecule has 118 valence electrons. The molecule has 0 aromatic heterocycles. The standard InChI is InChI=1S/C14H20FNO4S/c1-10(2)21(19,20)8-7-14(9-16,13(17)18)11-3-5-12(15)6-4-11/h3-6,10H,7-9,16H2,1-2H3,(H,17,18). The van der Waals surface area contributed by atoms with Gasteiger partial charge in [-0.05, 0) is 38.0 Å². The molecule has 7 heteroatoms. The van der Waals surface area contributed by atoms with Crippen LogP contribution in [0.3, 0.4) is 0 Å². The summed E-state index contributed by atoms with van der Waals surface area (Å²) < 4.78 is 36.8. The first-order chi connectivity index (χ1) is 9.65. The average molecular weight is 317 g/mol. The topological polar surface area (TPSA) is 97.5 Å². The molecule has 0 amide bonds. The Labute approximate surface area is 123 Å². The number of benzene rings is 1. The van der Waals surface area contributed by atoms with Gasteiger partial charge in [-0.3, -0.25) is 4.79 Å². The van der Waals surface area contributed by atoms with Crippen molar-refractivity contribution >= 4 is 15.8 Å². The summed E-state index contributed by atoms with van der Waals surface area (Å²) in [6.45, 7) is 2.82. The number of carbonyl (C=O) groups is 1. The minimum Gasteiger partial charge on any atom is -0.481 e. The summed E-state index contributed by atoms with van der Waals surface area (Å²) in [5, 5.41) is 8.93. The maximum atomic E-state index is 13.0. The van der Waals surface area contributed by atoms with Crippen LogP contribution in [0.2, 0.25) is 0 Å². The number of sulfone groups is 1. The van der Waals surface area contributed by atoms with E-state index in [1.54, 1.807) is 0 Å². The number of carboxylic acids is 1. The molecule has 0 spiro atoms. The highest BCUT2D eigenvalue weighted by atomic mass is 32.2. The smallest absolute Gasteiger partial charge is 0.315 e. The van der Waals surface area contributed by atoms with Crippen molar-refractivity contribution in [2.75, 3.05) is 12.3 Å². The maximum Gasteiger partial charge on any atom is 0.315 e. The number of hydrogen-bond acceptors (Lipinski definition) is 4. The van der Waals surface area contributed by atoms with Crippen molar-refractivity contribution in [3.63, 3.8) is 0 Å². The number of aliphatic carboxylic acids is 1. The molecule has 21 heavy (non-hydrogen) atoms. The number of rotatable bonds is 7. The van der Waals surface area contributed by atoms with E-state index in [0.717, 1.165) is 12.1 Å². The molecule has 0 aliphatic heterocycles. The molecule has 0 bridgehead atoms.